The molecule has 1 aliphatic rings. The number of carbonyl (C=O) groups excluding carboxylic acids is 1. The minimum absolute atomic E-state index is 0.0346. The molecule has 0 bridgehead atoms. The average Bonchev–Trinajstić information content (AvgIpc) is 2.49. The van der Waals surface area contributed by atoms with Crippen LogP contribution in [0.5, 0.6) is 5.75 Å². The normalized spacial score (nSPS) is 13.3. The maximum Gasteiger partial charge on any atom is 0.224 e. The number of nitrogens with two attached hydrogens (primary N) is 1. The minimum atomic E-state index is 0.0346. The fourth-order valence-electron chi connectivity index (χ4n) is 2.45. The highest BCUT2D eigenvalue weighted by Crippen LogP contribution is 2.34. The predicted octanol–water partition coefficient (Wildman–Crippen LogP) is 2.91. The van der Waals surface area contributed by atoms with Gasteiger partial charge in [-0.05, 0) is 36.2 Å². The number of nitrogen functional groups attached to an aromatic ring is 1. The van der Waals surface area contributed by atoms with E-state index in [1.54, 1.807) is 13.2 Å². The van der Waals surface area contributed by atoms with E-state index in [0.29, 0.717) is 12.1 Å². The molecule has 21 heavy (non-hydrogen) atoms. The number of methoxy groups -OCH3 is 1. The topological polar surface area (TPSA) is 76.4 Å². The van der Waals surface area contributed by atoms with Gasteiger partial charge in [0.05, 0.1) is 24.2 Å². The molecule has 5 nitrogen and oxygen atoms in total. The van der Waals surface area contributed by atoms with Gasteiger partial charge in [-0.3, -0.25) is 4.79 Å². The molecule has 0 spiro atoms. The van der Waals surface area contributed by atoms with Crippen LogP contribution in [0.25, 0.3) is 0 Å². The highest BCUT2D eigenvalue weighted by molar-refractivity contribution is 5.96. The summed E-state index contributed by atoms with van der Waals surface area (Å²) in [6.07, 6.45) is 1.23. The van der Waals surface area contributed by atoms with Crippen molar-refractivity contribution in [2.24, 2.45) is 0 Å². The third-order valence-electron chi connectivity index (χ3n) is 3.55. The van der Waals surface area contributed by atoms with Gasteiger partial charge < -0.3 is 21.1 Å². The predicted molar refractivity (Wildman–Crippen MR) is 84.1 cm³/mol. The van der Waals surface area contributed by atoms with E-state index in [1.807, 2.05) is 30.3 Å². The number of hydrogen-bond acceptors (Lipinski definition) is 4. The van der Waals surface area contributed by atoms with E-state index in [1.165, 1.54) is 0 Å². The summed E-state index contributed by atoms with van der Waals surface area (Å²) < 4.78 is 5.32. The van der Waals surface area contributed by atoms with Gasteiger partial charge in [0, 0.05) is 12.1 Å². The Balaban J connectivity index is 1.94. The lowest BCUT2D eigenvalue weighted by Crippen LogP contribution is -2.19. The number of nitrogens with one attached hydrogen (secondary N) is 2. The van der Waals surface area contributed by atoms with Crippen LogP contribution in [-0.4, -0.2) is 13.0 Å². The fraction of sp³-hybridized carbons (Fsp3) is 0.188. The summed E-state index contributed by atoms with van der Waals surface area (Å²) in [6.45, 7) is 0. The Kier molecular flexibility index (Phi) is 3.39. The molecule has 2 aromatic rings. The number of hydrogen-bond donors (Lipinski definition) is 3. The van der Waals surface area contributed by atoms with E-state index in [2.05, 4.69) is 10.6 Å². The number of carbonyl (C=O) groups is 1. The van der Waals surface area contributed by atoms with Crippen molar-refractivity contribution in [3.63, 3.8) is 0 Å². The molecular formula is C16H17N3O2. The van der Waals surface area contributed by atoms with Crippen molar-refractivity contribution < 1.29 is 9.53 Å². The Hall–Kier alpha value is -2.69. The Labute approximate surface area is 123 Å². The van der Waals surface area contributed by atoms with Crippen LogP contribution in [0.4, 0.5) is 22.7 Å². The first-order valence-corrected chi connectivity index (χ1v) is 6.79. The van der Waals surface area contributed by atoms with E-state index in [4.69, 9.17) is 10.5 Å². The van der Waals surface area contributed by atoms with E-state index < -0.39 is 0 Å². The zero-order valence-electron chi connectivity index (χ0n) is 11.8. The molecule has 4 N–H and O–H groups in total. The van der Waals surface area contributed by atoms with Gasteiger partial charge in [0.2, 0.25) is 5.91 Å². The number of para-hydroxylation sites is 2. The highest BCUT2D eigenvalue weighted by Gasteiger charge is 2.17. The number of benzene rings is 2. The van der Waals surface area contributed by atoms with Crippen molar-refractivity contribution in [3.8, 4) is 5.75 Å². The molecule has 1 aliphatic heterocycles. The van der Waals surface area contributed by atoms with Gasteiger partial charge in [-0.25, -0.2) is 0 Å². The number of amides is 1. The monoisotopic (exact) mass is 283 g/mol. The summed E-state index contributed by atoms with van der Waals surface area (Å²) in [6, 6.07) is 11.4. The van der Waals surface area contributed by atoms with Gasteiger partial charge in [-0.2, -0.15) is 0 Å². The second-order valence-corrected chi connectivity index (χ2v) is 4.97. The van der Waals surface area contributed by atoms with Crippen LogP contribution in [0.2, 0.25) is 0 Å². The Morgan fingerprint density at radius 2 is 2.00 bits per heavy atom. The molecule has 5 heteroatoms. The summed E-state index contributed by atoms with van der Waals surface area (Å²) in [5.74, 6) is 0.787. The molecule has 1 heterocycles. The Morgan fingerprint density at radius 3 is 2.81 bits per heavy atom. The van der Waals surface area contributed by atoms with Crippen LogP contribution >= 0.6 is 0 Å². The maximum absolute atomic E-state index is 11.4. The molecule has 0 aliphatic carbocycles. The number of aryl methyl sites for hydroxylation is 1. The standard InChI is InChI=1S/C16H17N3O2/c1-21-15-5-3-2-4-12(15)18-14-8-10-6-7-16(20)19-13(10)9-11(14)17/h2-5,8-9,18H,6-7,17H2,1H3,(H,19,20). The first-order valence-electron chi connectivity index (χ1n) is 6.79. The van der Waals surface area contributed by atoms with Gasteiger partial charge in [0.15, 0.2) is 0 Å². The van der Waals surface area contributed by atoms with Gasteiger partial charge in [0.25, 0.3) is 0 Å². The molecule has 0 radical (unpaired) electrons. The van der Waals surface area contributed by atoms with Crippen LogP contribution < -0.4 is 21.1 Å². The molecule has 2 aromatic carbocycles. The van der Waals surface area contributed by atoms with E-state index in [0.717, 1.165) is 34.8 Å². The van der Waals surface area contributed by atoms with Gasteiger partial charge in [0.1, 0.15) is 5.75 Å². The van der Waals surface area contributed by atoms with Gasteiger partial charge in [-0.1, -0.05) is 12.1 Å². The quantitative estimate of drug-likeness (QED) is 0.757. The van der Waals surface area contributed by atoms with E-state index in [9.17, 15) is 4.79 Å². The lowest BCUT2D eigenvalue weighted by Gasteiger charge is -2.20. The number of ether oxygens (including phenoxy) is 1. The van der Waals surface area contributed by atoms with Crippen LogP contribution in [0, 0.1) is 0 Å². The van der Waals surface area contributed by atoms with Gasteiger partial charge in [-0.15, -0.1) is 0 Å². The van der Waals surface area contributed by atoms with Crippen molar-refractivity contribution in [2.75, 3.05) is 23.5 Å². The highest BCUT2D eigenvalue weighted by atomic mass is 16.5. The molecule has 0 aromatic heterocycles. The molecular weight excluding hydrogens is 266 g/mol. The van der Waals surface area contributed by atoms with Crippen molar-refractivity contribution in [3.05, 3.63) is 42.0 Å². The summed E-state index contributed by atoms with van der Waals surface area (Å²) in [7, 11) is 1.63. The Morgan fingerprint density at radius 1 is 1.19 bits per heavy atom. The summed E-state index contributed by atoms with van der Waals surface area (Å²) in [4.78, 5) is 11.4. The Bertz CT molecular complexity index is 698. The van der Waals surface area contributed by atoms with Gasteiger partial charge >= 0.3 is 0 Å². The molecule has 0 unspecified atom stereocenters. The SMILES string of the molecule is COc1ccccc1Nc1cc2c(cc1N)NC(=O)CC2. The molecule has 0 fully saturated rings. The smallest absolute Gasteiger partial charge is 0.224 e. The van der Waals surface area contributed by atoms with Crippen LogP contribution in [0.15, 0.2) is 36.4 Å². The molecule has 0 saturated carbocycles. The van der Waals surface area contributed by atoms with Crippen LogP contribution in [0.3, 0.4) is 0 Å². The number of fused-ring (bicyclic) bond motifs is 1. The third-order valence-corrected chi connectivity index (χ3v) is 3.55. The minimum Gasteiger partial charge on any atom is -0.495 e. The lowest BCUT2D eigenvalue weighted by molar-refractivity contribution is -0.116. The lowest BCUT2D eigenvalue weighted by atomic mass is 10.0. The molecule has 1 amide bonds. The second kappa shape index (κ2) is 5.36. The number of anilines is 4. The fourth-order valence-corrected chi connectivity index (χ4v) is 2.45. The van der Waals surface area contributed by atoms with E-state index >= 15 is 0 Å². The average molecular weight is 283 g/mol. The third kappa shape index (κ3) is 2.63. The largest absolute Gasteiger partial charge is 0.495 e. The first kappa shape index (κ1) is 13.3. The first-order chi connectivity index (χ1) is 10.2. The van der Waals surface area contributed by atoms with Crippen molar-refractivity contribution in [1.82, 2.24) is 0 Å². The summed E-state index contributed by atoms with van der Waals surface area (Å²) in [5.41, 5.74) is 10.2. The molecule has 108 valence electrons. The zero-order chi connectivity index (χ0) is 14.8. The van der Waals surface area contributed by atoms with Crippen LogP contribution in [-0.2, 0) is 11.2 Å². The van der Waals surface area contributed by atoms with Crippen molar-refractivity contribution in [1.29, 1.82) is 0 Å². The van der Waals surface area contributed by atoms with Crippen molar-refractivity contribution >= 4 is 28.7 Å². The second-order valence-electron chi connectivity index (χ2n) is 4.97. The molecule has 3 rings (SSSR count). The van der Waals surface area contributed by atoms with Crippen LogP contribution in [0.1, 0.15) is 12.0 Å². The van der Waals surface area contributed by atoms with Crippen molar-refractivity contribution in [2.45, 2.75) is 12.8 Å². The molecule has 0 atom stereocenters. The zero-order valence-corrected chi connectivity index (χ0v) is 11.8. The summed E-state index contributed by atoms with van der Waals surface area (Å²) in [5, 5.41) is 6.13. The maximum atomic E-state index is 11.4. The number of rotatable bonds is 3. The van der Waals surface area contributed by atoms with E-state index in [-0.39, 0.29) is 5.91 Å². The summed E-state index contributed by atoms with van der Waals surface area (Å²) >= 11 is 0. The molecule has 0 saturated heterocycles.